The molecule has 4 heteroatoms. The lowest BCUT2D eigenvalue weighted by Gasteiger charge is -2.01. The van der Waals surface area contributed by atoms with Gasteiger partial charge in [-0.25, -0.2) is 4.39 Å². The Balaban J connectivity index is 3.47. The van der Waals surface area contributed by atoms with Crippen LogP contribution in [0.15, 0.2) is 16.6 Å². The molecule has 0 aromatic heterocycles. The minimum absolute atomic E-state index is 0.130. The second-order valence-corrected chi connectivity index (χ2v) is 3.28. The molecule has 0 aliphatic heterocycles. The van der Waals surface area contributed by atoms with Crippen LogP contribution in [0.1, 0.15) is 22.8 Å². The highest BCUT2D eigenvalue weighted by atomic mass is 79.9. The normalized spacial score (nSPS) is 9.38. The number of ketones is 1. The summed E-state index contributed by atoms with van der Waals surface area (Å²) in [7, 11) is 0. The molecule has 2 nitrogen and oxygen atoms in total. The average Bonchev–Trinajstić information content (AvgIpc) is 2.08. The fourth-order valence-corrected chi connectivity index (χ4v) is 1.52. The molecule has 0 saturated heterocycles. The van der Waals surface area contributed by atoms with E-state index in [2.05, 4.69) is 15.9 Å². The zero-order chi connectivity index (χ0) is 10.0. The summed E-state index contributed by atoms with van der Waals surface area (Å²) in [4.78, 5) is 11.0. The molecule has 1 aromatic carbocycles. The zero-order valence-electron chi connectivity index (χ0n) is 6.77. The largest absolute Gasteiger partial charge is 0.294 e. The van der Waals surface area contributed by atoms with Crippen molar-refractivity contribution in [3.8, 4) is 6.07 Å². The van der Waals surface area contributed by atoms with Gasteiger partial charge in [0.15, 0.2) is 5.78 Å². The Bertz CT molecular complexity index is 409. The lowest BCUT2D eigenvalue weighted by Crippen LogP contribution is -1.97. The number of benzene rings is 1. The lowest BCUT2D eigenvalue weighted by atomic mass is 10.1. The summed E-state index contributed by atoms with van der Waals surface area (Å²) < 4.78 is 13.2. The summed E-state index contributed by atoms with van der Waals surface area (Å²) in [5.41, 5.74) is 0.321. The second kappa shape index (κ2) is 3.67. The van der Waals surface area contributed by atoms with Gasteiger partial charge in [0.05, 0.1) is 5.56 Å². The van der Waals surface area contributed by atoms with Crippen molar-refractivity contribution in [2.75, 3.05) is 0 Å². The SMILES string of the molecule is CC(=O)c1cc(F)cc(C#N)c1Br. The number of Topliss-reactive ketones (excluding diaryl/α,β-unsaturated/α-hetero) is 1. The Kier molecular flexibility index (Phi) is 2.79. The van der Waals surface area contributed by atoms with Crippen molar-refractivity contribution in [1.29, 1.82) is 5.26 Å². The number of carbonyl (C=O) groups is 1. The van der Waals surface area contributed by atoms with Gasteiger partial charge in [0.2, 0.25) is 0 Å². The third-order valence-electron chi connectivity index (χ3n) is 1.54. The molecular weight excluding hydrogens is 237 g/mol. The summed E-state index contributed by atoms with van der Waals surface area (Å²) >= 11 is 3.07. The maximum Gasteiger partial charge on any atom is 0.161 e. The van der Waals surface area contributed by atoms with E-state index in [4.69, 9.17) is 5.26 Å². The number of halogens is 2. The van der Waals surface area contributed by atoms with E-state index in [9.17, 15) is 9.18 Å². The van der Waals surface area contributed by atoms with Crippen molar-refractivity contribution in [2.45, 2.75) is 6.92 Å². The van der Waals surface area contributed by atoms with E-state index < -0.39 is 5.82 Å². The molecule has 0 amide bonds. The van der Waals surface area contributed by atoms with Crippen LogP contribution in [0.4, 0.5) is 4.39 Å². The molecule has 0 aliphatic rings. The number of nitriles is 1. The molecule has 0 fully saturated rings. The molecule has 13 heavy (non-hydrogen) atoms. The second-order valence-electron chi connectivity index (χ2n) is 2.48. The molecule has 0 unspecified atom stereocenters. The van der Waals surface area contributed by atoms with Gasteiger partial charge >= 0.3 is 0 Å². The Morgan fingerprint density at radius 3 is 2.69 bits per heavy atom. The van der Waals surface area contributed by atoms with Gasteiger partial charge in [-0.15, -0.1) is 0 Å². The fourth-order valence-electron chi connectivity index (χ4n) is 0.927. The fraction of sp³-hybridized carbons (Fsp3) is 0.111. The number of nitrogens with zero attached hydrogens (tertiary/aromatic N) is 1. The van der Waals surface area contributed by atoms with Gasteiger partial charge in [-0.1, -0.05) is 0 Å². The molecule has 1 aromatic rings. The van der Waals surface area contributed by atoms with E-state index in [0.29, 0.717) is 4.47 Å². The Hall–Kier alpha value is -1.21. The highest BCUT2D eigenvalue weighted by molar-refractivity contribution is 9.10. The average molecular weight is 242 g/mol. The van der Waals surface area contributed by atoms with E-state index in [1.807, 2.05) is 0 Å². The van der Waals surface area contributed by atoms with Crippen molar-refractivity contribution in [3.05, 3.63) is 33.5 Å². The van der Waals surface area contributed by atoms with E-state index >= 15 is 0 Å². The van der Waals surface area contributed by atoms with Crippen molar-refractivity contribution < 1.29 is 9.18 Å². The maximum absolute atomic E-state index is 12.8. The summed E-state index contributed by atoms with van der Waals surface area (Å²) in [5.74, 6) is -0.854. The molecule has 0 radical (unpaired) electrons. The molecular formula is C9H5BrFNO. The van der Waals surface area contributed by atoms with Gasteiger partial charge in [-0.2, -0.15) is 5.26 Å². The smallest absolute Gasteiger partial charge is 0.161 e. The molecule has 0 atom stereocenters. The molecule has 66 valence electrons. The quantitative estimate of drug-likeness (QED) is 0.710. The van der Waals surface area contributed by atoms with Gasteiger partial charge in [-0.3, -0.25) is 4.79 Å². The lowest BCUT2D eigenvalue weighted by molar-refractivity contribution is 0.101. The van der Waals surface area contributed by atoms with Crippen LogP contribution in [-0.2, 0) is 0 Å². The van der Waals surface area contributed by atoms with Crippen LogP contribution in [0.5, 0.6) is 0 Å². The van der Waals surface area contributed by atoms with Crippen molar-refractivity contribution >= 4 is 21.7 Å². The highest BCUT2D eigenvalue weighted by Crippen LogP contribution is 2.23. The topological polar surface area (TPSA) is 40.9 Å². The van der Waals surface area contributed by atoms with E-state index in [1.54, 1.807) is 6.07 Å². The van der Waals surface area contributed by atoms with Crippen LogP contribution in [0, 0.1) is 17.1 Å². The third-order valence-corrected chi connectivity index (χ3v) is 2.39. The molecule has 0 bridgehead atoms. The van der Waals surface area contributed by atoms with Crippen LogP contribution >= 0.6 is 15.9 Å². The zero-order valence-corrected chi connectivity index (χ0v) is 8.35. The van der Waals surface area contributed by atoms with E-state index in [1.165, 1.54) is 6.92 Å². The van der Waals surface area contributed by atoms with Gasteiger partial charge in [-0.05, 0) is 35.0 Å². The number of carbonyl (C=O) groups excluding carboxylic acids is 1. The van der Waals surface area contributed by atoms with Gasteiger partial charge < -0.3 is 0 Å². The minimum Gasteiger partial charge on any atom is -0.294 e. The van der Waals surface area contributed by atoms with E-state index in [-0.39, 0.29) is 16.9 Å². The maximum atomic E-state index is 12.8. The Labute approximate surface area is 83.1 Å². The molecule has 0 saturated carbocycles. The minimum atomic E-state index is -0.579. The van der Waals surface area contributed by atoms with Crippen LogP contribution < -0.4 is 0 Å². The van der Waals surface area contributed by atoms with Crippen LogP contribution in [0.2, 0.25) is 0 Å². The number of hydrogen-bond acceptors (Lipinski definition) is 2. The number of rotatable bonds is 1. The summed E-state index contributed by atoms with van der Waals surface area (Å²) in [6, 6.07) is 3.98. The van der Waals surface area contributed by atoms with Crippen LogP contribution in [0.3, 0.4) is 0 Å². The first-order valence-corrected chi connectivity index (χ1v) is 4.25. The Morgan fingerprint density at radius 1 is 1.62 bits per heavy atom. The predicted octanol–water partition coefficient (Wildman–Crippen LogP) is 2.66. The highest BCUT2D eigenvalue weighted by Gasteiger charge is 2.11. The predicted molar refractivity (Wildman–Crippen MR) is 48.8 cm³/mol. The van der Waals surface area contributed by atoms with Crippen molar-refractivity contribution in [2.24, 2.45) is 0 Å². The molecule has 1 rings (SSSR count). The summed E-state index contributed by atoms with van der Waals surface area (Å²) in [5, 5.41) is 8.59. The van der Waals surface area contributed by atoms with Gasteiger partial charge in [0.1, 0.15) is 11.9 Å². The monoisotopic (exact) mass is 241 g/mol. The summed E-state index contributed by atoms with van der Waals surface area (Å²) in [6.45, 7) is 1.32. The van der Waals surface area contributed by atoms with Crippen LogP contribution in [0.25, 0.3) is 0 Å². The molecule has 0 aliphatic carbocycles. The number of hydrogen-bond donors (Lipinski definition) is 0. The van der Waals surface area contributed by atoms with Crippen molar-refractivity contribution in [1.82, 2.24) is 0 Å². The first kappa shape index (κ1) is 9.87. The molecule has 0 spiro atoms. The Morgan fingerprint density at radius 2 is 2.23 bits per heavy atom. The van der Waals surface area contributed by atoms with Crippen LogP contribution in [-0.4, -0.2) is 5.78 Å². The summed E-state index contributed by atoms with van der Waals surface area (Å²) in [6.07, 6.45) is 0. The first-order chi connectivity index (χ1) is 6.06. The standard InChI is InChI=1S/C9H5BrFNO/c1-5(13)8-3-7(11)2-6(4-12)9(8)10/h2-3H,1H3. The first-order valence-electron chi connectivity index (χ1n) is 3.46. The third kappa shape index (κ3) is 1.93. The van der Waals surface area contributed by atoms with Gasteiger partial charge in [0, 0.05) is 10.0 Å². The molecule has 0 N–H and O–H groups in total. The van der Waals surface area contributed by atoms with Gasteiger partial charge in [0.25, 0.3) is 0 Å². The van der Waals surface area contributed by atoms with E-state index in [0.717, 1.165) is 12.1 Å². The molecule has 0 heterocycles. The van der Waals surface area contributed by atoms with Crippen molar-refractivity contribution in [3.63, 3.8) is 0 Å².